The lowest BCUT2D eigenvalue weighted by Gasteiger charge is -2.17. The molecule has 0 aromatic heterocycles. The second-order valence-electron chi connectivity index (χ2n) is 4.22. The number of halogens is 1. The van der Waals surface area contributed by atoms with Crippen LogP contribution in [0.3, 0.4) is 0 Å². The molecule has 0 saturated carbocycles. The van der Waals surface area contributed by atoms with Crippen molar-refractivity contribution in [3.63, 3.8) is 0 Å². The molecule has 1 rings (SSSR count). The van der Waals surface area contributed by atoms with Gasteiger partial charge in [-0.15, -0.1) is 0 Å². The van der Waals surface area contributed by atoms with Gasteiger partial charge in [-0.25, -0.2) is 0 Å². The summed E-state index contributed by atoms with van der Waals surface area (Å²) in [5, 5.41) is 0. The molecule has 0 amide bonds. The molecule has 1 unspecified atom stereocenters. The zero-order chi connectivity index (χ0) is 12.1. The first kappa shape index (κ1) is 13.5. The van der Waals surface area contributed by atoms with E-state index in [0.29, 0.717) is 12.5 Å². The molecule has 0 aliphatic rings. The van der Waals surface area contributed by atoms with Crippen LogP contribution in [0.1, 0.15) is 26.3 Å². The van der Waals surface area contributed by atoms with Gasteiger partial charge >= 0.3 is 0 Å². The molecule has 0 fully saturated rings. The van der Waals surface area contributed by atoms with Crippen molar-refractivity contribution in [2.45, 2.75) is 33.5 Å². The van der Waals surface area contributed by atoms with Crippen LogP contribution in [-0.4, -0.2) is 13.2 Å². The Morgan fingerprint density at radius 2 is 1.94 bits per heavy atom. The van der Waals surface area contributed by atoms with Gasteiger partial charge in [-0.1, -0.05) is 29.8 Å². The van der Waals surface area contributed by atoms with E-state index in [1.165, 1.54) is 0 Å². The summed E-state index contributed by atoms with van der Waals surface area (Å²) in [5.41, 5.74) is 1.12. The molecule has 1 aromatic rings. The predicted octanol–water partition coefficient (Wildman–Crippen LogP) is 4.02. The number of methoxy groups -OCH3 is 1. The summed E-state index contributed by atoms with van der Waals surface area (Å²) in [6, 6.07) is 5.91. The molecule has 16 heavy (non-hydrogen) atoms. The van der Waals surface area contributed by atoms with E-state index in [2.05, 4.69) is 36.7 Å². The van der Waals surface area contributed by atoms with Gasteiger partial charge in [-0.05, 0) is 36.6 Å². The Labute approximate surface area is 106 Å². The summed E-state index contributed by atoms with van der Waals surface area (Å²) >= 11 is 3.51. The summed E-state index contributed by atoms with van der Waals surface area (Å²) in [6.45, 7) is 7.02. The quantitative estimate of drug-likeness (QED) is 0.814. The van der Waals surface area contributed by atoms with Crippen molar-refractivity contribution < 1.29 is 9.47 Å². The van der Waals surface area contributed by atoms with Gasteiger partial charge in [0.25, 0.3) is 0 Å². The normalized spacial score (nSPS) is 12.9. The Hall–Kier alpha value is -0.540. The molecule has 3 heteroatoms. The third kappa shape index (κ3) is 3.80. The average Bonchev–Trinajstić information content (AvgIpc) is 2.27. The minimum atomic E-state index is 0.262. The highest BCUT2D eigenvalue weighted by Gasteiger charge is 2.09. The zero-order valence-corrected chi connectivity index (χ0v) is 11.9. The van der Waals surface area contributed by atoms with Crippen molar-refractivity contribution in [3.8, 4) is 5.75 Å². The zero-order valence-electron chi connectivity index (χ0n) is 10.3. The summed E-state index contributed by atoms with van der Waals surface area (Å²) in [5.74, 6) is 1.39. The van der Waals surface area contributed by atoms with Crippen LogP contribution in [0.4, 0.5) is 0 Å². The molecule has 1 atom stereocenters. The van der Waals surface area contributed by atoms with E-state index >= 15 is 0 Å². The summed E-state index contributed by atoms with van der Waals surface area (Å²) in [6.07, 6.45) is 0.262. The van der Waals surface area contributed by atoms with Crippen LogP contribution in [0.5, 0.6) is 5.75 Å². The third-order valence-corrected chi connectivity index (χ3v) is 3.47. The maximum atomic E-state index is 5.78. The van der Waals surface area contributed by atoms with Gasteiger partial charge in [0, 0.05) is 4.47 Å². The molecule has 0 aliphatic heterocycles. The fourth-order valence-corrected chi connectivity index (χ4v) is 1.56. The van der Waals surface area contributed by atoms with Gasteiger partial charge in [0.15, 0.2) is 0 Å². The first-order valence-electron chi connectivity index (χ1n) is 5.48. The minimum Gasteiger partial charge on any atom is -0.497 e. The number of ether oxygens (including phenoxy) is 2. The molecule has 0 saturated heterocycles. The molecule has 0 radical (unpaired) electrons. The van der Waals surface area contributed by atoms with Crippen LogP contribution in [0.25, 0.3) is 0 Å². The lowest BCUT2D eigenvalue weighted by molar-refractivity contribution is 0.0231. The highest BCUT2D eigenvalue weighted by molar-refractivity contribution is 9.10. The molecule has 1 aromatic carbocycles. The fraction of sp³-hybridized carbons (Fsp3) is 0.538. The highest BCUT2D eigenvalue weighted by Crippen LogP contribution is 2.24. The summed E-state index contributed by atoms with van der Waals surface area (Å²) in [4.78, 5) is 0. The van der Waals surface area contributed by atoms with Crippen LogP contribution in [0.2, 0.25) is 0 Å². The molecule has 2 nitrogen and oxygen atoms in total. The summed E-state index contributed by atoms with van der Waals surface area (Å²) in [7, 11) is 1.67. The van der Waals surface area contributed by atoms with Gasteiger partial charge in [0.05, 0.1) is 19.8 Å². The monoisotopic (exact) mass is 286 g/mol. The van der Waals surface area contributed by atoms with Crippen molar-refractivity contribution in [2.24, 2.45) is 5.92 Å². The number of rotatable bonds is 5. The van der Waals surface area contributed by atoms with Gasteiger partial charge in [0.2, 0.25) is 0 Å². The van der Waals surface area contributed by atoms with Gasteiger partial charge in [-0.2, -0.15) is 0 Å². The van der Waals surface area contributed by atoms with Crippen LogP contribution < -0.4 is 4.74 Å². The maximum Gasteiger partial charge on any atom is 0.119 e. The SMILES string of the molecule is COc1ccc(Br)c(COC(C)C(C)C)c1. The average molecular weight is 287 g/mol. The second kappa shape index (κ2) is 6.26. The smallest absolute Gasteiger partial charge is 0.119 e. The van der Waals surface area contributed by atoms with Crippen molar-refractivity contribution >= 4 is 15.9 Å². The van der Waals surface area contributed by atoms with E-state index in [1.807, 2.05) is 18.2 Å². The molecule has 0 bridgehead atoms. The van der Waals surface area contributed by atoms with Crippen molar-refractivity contribution in [1.29, 1.82) is 0 Å². The van der Waals surface area contributed by atoms with Gasteiger partial charge in [-0.3, -0.25) is 0 Å². The van der Waals surface area contributed by atoms with Crippen LogP contribution in [-0.2, 0) is 11.3 Å². The molecule has 90 valence electrons. The second-order valence-corrected chi connectivity index (χ2v) is 5.07. The Balaban J connectivity index is 2.65. The molecule has 0 spiro atoms. The Morgan fingerprint density at radius 3 is 2.50 bits per heavy atom. The van der Waals surface area contributed by atoms with Crippen molar-refractivity contribution in [2.75, 3.05) is 7.11 Å². The van der Waals surface area contributed by atoms with Crippen molar-refractivity contribution in [1.82, 2.24) is 0 Å². The van der Waals surface area contributed by atoms with E-state index in [-0.39, 0.29) is 6.10 Å². The Morgan fingerprint density at radius 1 is 1.25 bits per heavy atom. The fourth-order valence-electron chi connectivity index (χ4n) is 1.20. The van der Waals surface area contributed by atoms with E-state index in [0.717, 1.165) is 15.8 Å². The van der Waals surface area contributed by atoms with Crippen LogP contribution >= 0.6 is 15.9 Å². The number of hydrogen-bond acceptors (Lipinski definition) is 2. The summed E-state index contributed by atoms with van der Waals surface area (Å²) < 4.78 is 12.0. The molecular weight excluding hydrogens is 268 g/mol. The van der Waals surface area contributed by atoms with Gasteiger partial charge in [0.1, 0.15) is 5.75 Å². The highest BCUT2D eigenvalue weighted by atomic mass is 79.9. The van der Waals surface area contributed by atoms with E-state index in [1.54, 1.807) is 7.11 Å². The lowest BCUT2D eigenvalue weighted by atomic mass is 10.1. The Bertz CT molecular complexity index is 337. The minimum absolute atomic E-state index is 0.262. The molecular formula is C13H19BrO2. The topological polar surface area (TPSA) is 18.5 Å². The third-order valence-electron chi connectivity index (χ3n) is 2.69. The van der Waals surface area contributed by atoms with Gasteiger partial charge < -0.3 is 9.47 Å². The molecule has 0 heterocycles. The maximum absolute atomic E-state index is 5.78. The van der Waals surface area contributed by atoms with E-state index < -0.39 is 0 Å². The van der Waals surface area contributed by atoms with Crippen molar-refractivity contribution in [3.05, 3.63) is 28.2 Å². The van der Waals surface area contributed by atoms with E-state index in [4.69, 9.17) is 9.47 Å². The largest absolute Gasteiger partial charge is 0.497 e. The number of hydrogen-bond donors (Lipinski definition) is 0. The first-order chi connectivity index (χ1) is 7.54. The van der Waals surface area contributed by atoms with Crippen LogP contribution in [0.15, 0.2) is 22.7 Å². The number of benzene rings is 1. The Kier molecular flexibility index (Phi) is 5.29. The molecule has 0 N–H and O–H groups in total. The standard InChI is InChI=1S/C13H19BrO2/c1-9(2)10(3)16-8-11-7-12(15-4)5-6-13(11)14/h5-7,9-10H,8H2,1-4H3. The lowest BCUT2D eigenvalue weighted by Crippen LogP contribution is -2.15. The van der Waals surface area contributed by atoms with E-state index in [9.17, 15) is 0 Å². The first-order valence-corrected chi connectivity index (χ1v) is 6.28. The molecule has 0 aliphatic carbocycles. The van der Waals surface area contributed by atoms with Crippen LogP contribution in [0, 0.1) is 5.92 Å². The predicted molar refractivity (Wildman–Crippen MR) is 69.8 cm³/mol.